The van der Waals surface area contributed by atoms with Gasteiger partial charge in [0.05, 0.1) is 7.11 Å². The van der Waals surface area contributed by atoms with E-state index in [1.54, 1.807) is 31.2 Å². The summed E-state index contributed by atoms with van der Waals surface area (Å²) in [5.74, 6) is 1.03. The van der Waals surface area contributed by atoms with E-state index in [-0.39, 0.29) is 11.5 Å². The summed E-state index contributed by atoms with van der Waals surface area (Å²) in [5, 5.41) is 14.0. The lowest BCUT2D eigenvalue weighted by molar-refractivity contribution is 0.112. The highest BCUT2D eigenvalue weighted by Crippen LogP contribution is 2.40. The number of benzene rings is 2. The van der Waals surface area contributed by atoms with Crippen LogP contribution in [0.3, 0.4) is 0 Å². The van der Waals surface area contributed by atoms with Crippen molar-refractivity contribution >= 4 is 6.29 Å². The number of aryl methyl sites for hydroxylation is 1. The van der Waals surface area contributed by atoms with Crippen molar-refractivity contribution < 1.29 is 19.2 Å². The van der Waals surface area contributed by atoms with Gasteiger partial charge < -0.3 is 14.4 Å². The standard InChI is InChI=1S/C17H14N2O4/c1-10-18-17(19-23-10)14-8-16(22-2)15(21)7-13(14)12-6-4-3-5-11(12)9-20/h3-9,21H,1-2H3. The van der Waals surface area contributed by atoms with Crippen molar-refractivity contribution in [3.8, 4) is 34.0 Å². The van der Waals surface area contributed by atoms with E-state index < -0.39 is 0 Å². The van der Waals surface area contributed by atoms with Crippen molar-refractivity contribution in [3.63, 3.8) is 0 Å². The fourth-order valence-electron chi connectivity index (χ4n) is 2.39. The number of hydrogen-bond donors (Lipinski definition) is 1. The molecule has 0 radical (unpaired) electrons. The number of hydrogen-bond acceptors (Lipinski definition) is 6. The Kier molecular flexibility index (Phi) is 3.80. The number of nitrogens with zero attached hydrogens (tertiary/aromatic N) is 2. The third-order valence-corrected chi connectivity index (χ3v) is 3.47. The molecule has 0 unspecified atom stereocenters. The number of phenols is 1. The molecule has 6 nitrogen and oxygen atoms in total. The van der Waals surface area contributed by atoms with E-state index in [9.17, 15) is 9.90 Å². The average Bonchev–Trinajstić information content (AvgIpc) is 3.00. The van der Waals surface area contributed by atoms with Crippen molar-refractivity contribution in [2.24, 2.45) is 0 Å². The fraction of sp³-hybridized carbons (Fsp3) is 0.118. The van der Waals surface area contributed by atoms with Crippen molar-refractivity contribution in [1.29, 1.82) is 0 Å². The van der Waals surface area contributed by atoms with Crippen LogP contribution in [-0.2, 0) is 0 Å². The number of methoxy groups -OCH3 is 1. The van der Waals surface area contributed by atoms with Gasteiger partial charge in [-0.1, -0.05) is 29.4 Å². The van der Waals surface area contributed by atoms with Crippen molar-refractivity contribution in [2.75, 3.05) is 7.11 Å². The van der Waals surface area contributed by atoms with Gasteiger partial charge in [-0.05, 0) is 23.3 Å². The molecule has 0 amide bonds. The molecule has 0 aliphatic heterocycles. The number of ether oxygens (including phenoxy) is 1. The molecule has 3 aromatic rings. The second-order valence-electron chi connectivity index (χ2n) is 4.91. The maximum absolute atomic E-state index is 11.3. The van der Waals surface area contributed by atoms with Gasteiger partial charge in [-0.2, -0.15) is 4.98 Å². The quantitative estimate of drug-likeness (QED) is 0.745. The van der Waals surface area contributed by atoms with E-state index in [0.29, 0.717) is 34.0 Å². The fourth-order valence-corrected chi connectivity index (χ4v) is 2.39. The Morgan fingerprint density at radius 1 is 1.17 bits per heavy atom. The Morgan fingerprint density at radius 3 is 2.61 bits per heavy atom. The molecule has 0 saturated heterocycles. The molecule has 0 aliphatic rings. The Hall–Kier alpha value is -3.15. The zero-order valence-corrected chi connectivity index (χ0v) is 12.6. The van der Waals surface area contributed by atoms with Crippen molar-refractivity contribution in [3.05, 3.63) is 47.9 Å². The third-order valence-electron chi connectivity index (χ3n) is 3.47. The number of carbonyl (C=O) groups is 1. The van der Waals surface area contributed by atoms with Crippen molar-refractivity contribution in [2.45, 2.75) is 6.92 Å². The van der Waals surface area contributed by atoms with Crippen LogP contribution >= 0.6 is 0 Å². The van der Waals surface area contributed by atoms with Crippen molar-refractivity contribution in [1.82, 2.24) is 10.1 Å². The van der Waals surface area contributed by atoms with Gasteiger partial charge in [0.25, 0.3) is 0 Å². The lowest BCUT2D eigenvalue weighted by Gasteiger charge is -2.12. The first-order valence-corrected chi connectivity index (χ1v) is 6.90. The molecule has 6 heteroatoms. The highest BCUT2D eigenvalue weighted by molar-refractivity contribution is 5.93. The maximum Gasteiger partial charge on any atom is 0.223 e. The van der Waals surface area contributed by atoms with Gasteiger partial charge in [-0.3, -0.25) is 4.79 Å². The number of rotatable bonds is 4. The van der Waals surface area contributed by atoms with Crippen LogP contribution in [0.5, 0.6) is 11.5 Å². The van der Waals surface area contributed by atoms with Crippen LogP contribution in [0.15, 0.2) is 40.9 Å². The van der Waals surface area contributed by atoms with Crippen LogP contribution in [0.2, 0.25) is 0 Å². The second-order valence-corrected chi connectivity index (χ2v) is 4.91. The van der Waals surface area contributed by atoms with Gasteiger partial charge in [0.2, 0.25) is 11.7 Å². The predicted molar refractivity (Wildman–Crippen MR) is 83.5 cm³/mol. The minimum absolute atomic E-state index is 0.0350. The lowest BCUT2D eigenvalue weighted by Crippen LogP contribution is -1.94. The molecular formula is C17H14N2O4. The highest BCUT2D eigenvalue weighted by Gasteiger charge is 2.18. The number of aldehydes is 1. The van der Waals surface area contributed by atoms with Crippen LogP contribution in [0.4, 0.5) is 0 Å². The second kappa shape index (κ2) is 5.92. The van der Waals surface area contributed by atoms with E-state index in [1.807, 2.05) is 6.07 Å². The van der Waals surface area contributed by atoms with Gasteiger partial charge in [0.15, 0.2) is 17.8 Å². The SMILES string of the molecule is COc1cc(-c2noc(C)n2)c(-c2ccccc2C=O)cc1O. The Balaban J connectivity index is 2.31. The minimum atomic E-state index is -0.0350. The van der Waals surface area contributed by atoms with Gasteiger partial charge in [0, 0.05) is 18.1 Å². The van der Waals surface area contributed by atoms with E-state index >= 15 is 0 Å². The zero-order chi connectivity index (χ0) is 16.4. The first-order valence-electron chi connectivity index (χ1n) is 6.90. The minimum Gasteiger partial charge on any atom is -0.504 e. The smallest absolute Gasteiger partial charge is 0.223 e. The van der Waals surface area contributed by atoms with Gasteiger partial charge >= 0.3 is 0 Å². The summed E-state index contributed by atoms with van der Waals surface area (Å²) in [6.45, 7) is 1.69. The predicted octanol–water partition coefficient (Wildman–Crippen LogP) is 3.24. The highest BCUT2D eigenvalue weighted by atomic mass is 16.5. The van der Waals surface area contributed by atoms with E-state index in [1.165, 1.54) is 13.2 Å². The third kappa shape index (κ3) is 2.66. The lowest BCUT2D eigenvalue weighted by atomic mass is 9.95. The molecule has 1 heterocycles. The van der Waals surface area contributed by atoms with E-state index in [2.05, 4.69) is 10.1 Å². The summed E-state index contributed by atoms with van der Waals surface area (Å²) in [5.41, 5.74) is 2.38. The molecule has 0 fully saturated rings. The number of carbonyl (C=O) groups excluding carboxylic acids is 1. The molecule has 0 spiro atoms. The normalized spacial score (nSPS) is 10.5. The monoisotopic (exact) mass is 310 g/mol. The summed E-state index contributed by atoms with van der Waals surface area (Å²) in [7, 11) is 1.46. The Bertz CT molecular complexity index is 871. The maximum atomic E-state index is 11.3. The summed E-state index contributed by atoms with van der Waals surface area (Å²) in [6, 6.07) is 10.2. The zero-order valence-electron chi connectivity index (χ0n) is 12.6. The molecule has 0 atom stereocenters. The van der Waals surface area contributed by atoms with Crippen LogP contribution in [0.25, 0.3) is 22.5 Å². The van der Waals surface area contributed by atoms with Crippen LogP contribution < -0.4 is 4.74 Å². The summed E-state index contributed by atoms with van der Waals surface area (Å²) < 4.78 is 10.2. The summed E-state index contributed by atoms with van der Waals surface area (Å²) in [4.78, 5) is 15.5. The van der Waals surface area contributed by atoms with Gasteiger partial charge in [-0.25, -0.2) is 0 Å². The summed E-state index contributed by atoms with van der Waals surface area (Å²) >= 11 is 0. The van der Waals surface area contributed by atoms with E-state index in [4.69, 9.17) is 9.26 Å². The molecule has 2 aromatic carbocycles. The average molecular weight is 310 g/mol. The Morgan fingerprint density at radius 2 is 1.96 bits per heavy atom. The van der Waals surface area contributed by atoms with Crippen LogP contribution in [0.1, 0.15) is 16.2 Å². The molecular weight excluding hydrogens is 296 g/mol. The molecule has 1 aromatic heterocycles. The first-order chi connectivity index (χ1) is 11.1. The van der Waals surface area contributed by atoms with Gasteiger partial charge in [0.1, 0.15) is 0 Å². The largest absolute Gasteiger partial charge is 0.504 e. The molecule has 116 valence electrons. The topological polar surface area (TPSA) is 85.5 Å². The number of aromatic hydroxyl groups is 1. The Labute approximate surface area is 132 Å². The first kappa shape index (κ1) is 14.8. The molecule has 3 rings (SSSR count). The molecule has 0 bridgehead atoms. The molecule has 0 saturated carbocycles. The van der Waals surface area contributed by atoms with Crippen LogP contribution in [0, 0.1) is 6.92 Å². The number of phenolic OH excluding ortho intramolecular Hbond substituents is 1. The van der Waals surface area contributed by atoms with Crippen LogP contribution in [-0.4, -0.2) is 28.6 Å². The van der Waals surface area contributed by atoms with E-state index in [0.717, 1.165) is 6.29 Å². The summed E-state index contributed by atoms with van der Waals surface area (Å²) in [6.07, 6.45) is 0.766. The molecule has 1 N–H and O–H groups in total. The van der Waals surface area contributed by atoms with Gasteiger partial charge in [-0.15, -0.1) is 0 Å². The molecule has 23 heavy (non-hydrogen) atoms. The number of aromatic nitrogens is 2. The molecule has 0 aliphatic carbocycles.